The van der Waals surface area contributed by atoms with Gasteiger partial charge in [-0.2, -0.15) is 0 Å². The summed E-state index contributed by atoms with van der Waals surface area (Å²) in [4.78, 5) is 38.0. The lowest BCUT2D eigenvalue weighted by atomic mass is 9.90. The van der Waals surface area contributed by atoms with Crippen molar-refractivity contribution in [3.8, 4) is 0 Å². The molecule has 3 amide bonds. The normalized spacial score (nSPS) is 24.2. The molecule has 0 saturated carbocycles. The Hall–Kier alpha value is -2.28. The molecular weight excluding hydrogens is 346 g/mol. The molecule has 2 fully saturated rings. The van der Waals surface area contributed by atoms with Crippen molar-refractivity contribution in [3.05, 3.63) is 28.8 Å². The fourth-order valence-corrected chi connectivity index (χ4v) is 3.77. The van der Waals surface area contributed by atoms with Crippen LogP contribution in [0.15, 0.2) is 18.2 Å². The fraction of sp³-hybridized carbons (Fsp3) is 0.471. The van der Waals surface area contributed by atoms with Crippen molar-refractivity contribution in [2.75, 3.05) is 24.5 Å². The van der Waals surface area contributed by atoms with Crippen LogP contribution in [0.25, 0.3) is 0 Å². The van der Waals surface area contributed by atoms with Crippen LogP contribution in [0.2, 0.25) is 5.02 Å². The first-order valence-corrected chi connectivity index (χ1v) is 8.62. The molecule has 3 rings (SSSR count). The Balaban J connectivity index is 1.75. The lowest BCUT2D eigenvalue weighted by Crippen LogP contribution is -2.53. The summed E-state index contributed by atoms with van der Waals surface area (Å²) in [6, 6.07) is 5.42. The number of imide groups is 1. The molecule has 2 N–H and O–H groups in total. The van der Waals surface area contributed by atoms with Gasteiger partial charge >= 0.3 is 6.09 Å². The number of nitrogens with one attached hydrogen (secondary N) is 1. The van der Waals surface area contributed by atoms with E-state index in [1.807, 2.05) is 25.1 Å². The molecule has 134 valence electrons. The number of carbonyl (C=O) groups excluding carboxylic acids is 2. The molecule has 25 heavy (non-hydrogen) atoms. The number of piperidine rings is 1. The minimum Gasteiger partial charge on any atom is -0.465 e. The van der Waals surface area contributed by atoms with Gasteiger partial charge in [0.2, 0.25) is 11.8 Å². The Morgan fingerprint density at radius 3 is 2.68 bits per heavy atom. The smallest absolute Gasteiger partial charge is 0.407 e. The third kappa shape index (κ3) is 3.56. The lowest BCUT2D eigenvalue weighted by Gasteiger charge is -2.39. The van der Waals surface area contributed by atoms with E-state index in [4.69, 9.17) is 16.7 Å². The summed E-state index contributed by atoms with van der Waals surface area (Å²) in [6.07, 6.45) is -0.139. The largest absolute Gasteiger partial charge is 0.465 e. The van der Waals surface area contributed by atoms with Gasteiger partial charge in [-0.25, -0.2) is 4.79 Å². The first kappa shape index (κ1) is 17.5. The molecule has 7 nitrogen and oxygen atoms in total. The molecule has 1 unspecified atom stereocenters. The molecule has 1 aromatic carbocycles. The molecule has 1 aromatic rings. The lowest BCUT2D eigenvalue weighted by molar-refractivity contribution is -0.134. The molecule has 2 heterocycles. The summed E-state index contributed by atoms with van der Waals surface area (Å²) < 4.78 is 0. The monoisotopic (exact) mass is 365 g/mol. The van der Waals surface area contributed by atoms with E-state index in [0.717, 1.165) is 5.69 Å². The van der Waals surface area contributed by atoms with Gasteiger partial charge < -0.3 is 14.9 Å². The maximum atomic E-state index is 12.0. The quantitative estimate of drug-likeness (QED) is 0.783. The second-order valence-corrected chi connectivity index (χ2v) is 6.89. The van der Waals surface area contributed by atoms with Gasteiger partial charge in [0.05, 0.1) is 5.92 Å². The number of piperazine rings is 1. The van der Waals surface area contributed by atoms with E-state index in [1.54, 1.807) is 0 Å². The highest BCUT2D eigenvalue weighted by molar-refractivity contribution is 6.32. The number of hydrogen-bond acceptors (Lipinski definition) is 4. The highest BCUT2D eigenvalue weighted by Crippen LogP contribution is 2.33. The first-order chi connectivity index (χ1) is 11.9. The zero-order valence-corrected chi connectivity index (χ0v) is 14.6. The summed E-state index contributed by atoms with van der Waals surface area (Å²) in [5.74, 6) is -0.976. The fourth-order valence-electron chi connectivity index (χ4n) is 3.46. The molecule has 2 aliphatic heterocycles. The van der Waals surface area contributed by atoms with Gasteiger partial charge in [-0.05, 0) is 31.0 Å². The average Bonchev–Trinajstić information content (AvgIpc) is 2.55. The maximum Gasteiger partial charge on any atom is 0.407 e. The van der Waals surface area contributed by atoms with Gasteiger partial charge in [-0.3, -0.25) is 14.9 Å². The molecule has 2 atom stereocenters. The van der Waals surface area contributed by atoms with Crippen LogP contribution in [0.4, 0.5) is 10.5 Å². The third-order valence-electron chi connectivity index (χ3n) is 4.84. The van der Waals surface area contributed by atoms with Crippen molar-refractivity contribution in [2.24, 2.45) is 0 Å². The third-order valence-corrected chi connectivity index (χ3v) is 5.16. The predicted molar refractivity (Wildman–Crippen MR) is 93.0 cm³/mol. The molecule has 8 heteroatoms. The number of nitrogens with zero attached hydrogens (tertiary/aromatic N) is 2. The molecule has 0 radical (unpaired) electrons. The Bertz CT molecular complexity index is 724. The van der Waals surface area contributed by atoms with Crippen molar-refractivity contribution >= 4 is 35.2 Å². The van der Waals surface area contributed by atoms with Gasteiger partial charge in [0, 0.05) is 42.8 Å². The summed E-state index contributed by atoms with van der Waals surface area (Å²) in [6.45, 7) is 3.48. The number of hydrogen-bond donors (Lipinski definition) is 2. The molecule has 0 spiro atoms. The Labute approximate surface area is 150 Å². The first-order valence-electron chi connectivity index (χ1n) is 8.24. The zero-order chi connectivity index (χ0) is 18.1. The summed E-state index contributed by atoms with van der Waals surface area (Å²) in [5.41, 5.74) is 1.62. The van der Waals surface area contributed by atoms with Gasteiger partial charge in [0.15, 0.2) is 0 Å². The summed E-state index contributed by atoms with van der Waals surface area (Å²) in [7, 11) is 0. The van der Waals surface area contributed by atoms with Crippen molar-refractivity contribution in [1.82, 2.24) is 10.2 Å². The van der Waals surface area contributed by atoms with Crippen molar-refractivity contribution < 1.29 is 19.5 Å². The Morgan fingerprint density at radius 2 is 2.08 bits per heavy atom. The van der Waals surface area contributed by atoms with E-state index in [-0.39, 0.29) is 17.9 Å². The number of carboxylic acid groups (broad SMARTS) is 1. The van der Waals surface area contributed by atoms with Gasteiger partial charge in [0.25, 0.3) is 0 Å². The van der Waals surface area contributed by atoms with Crippen LogP contribution in [0.5, 0.6) is 0 Å². The Morgan fingerprint density at radius 1 is 1.32 bits per heavy atom. The highest BCUT2D eigenvalue weighted by atomic mass is 35.5. The summed E-state index contributed by atoms with van der Waals surface area (Å²) >= 11 is 6.40. The number of anilines is 1. The molecule has 0 aliphatic carbocycles. The number of carbonyl (C=O) groups is 3. The van der Waals surface area contributed by atoms with E-state index in [1.165, 1.54) is 4.90 Å². The van der Waals surface area contributed by atoms with Crippen LogP contribution in [0.1, 0.15) is 31.2 Å². The van der Waals surface area contributed by atoms with Gasteiger partial charge in [-0.1, -0.05) is 17.7 Å². The van der Waals surface area contributed by atoms with E-state index in [2.05, 4.69) is 10.2 Å². The number of halogens is 1. The Kier molecular flexibility index (Phi) is 4.85. The van der Waals surface area contributed by atoms with E-state index in [0.29, 0.717) is 43.1 Å². The maximum absolute atomic E-state index is 12.0. The number of amides is 3. The van der Waals surface area contributed by atoms with Crippen LogP contribution >= 0.6 is 11.6 Å². The average molecular weight is 366 g/mol. The van der Waals surface area contributed by atoms with E-state index < -0.39 is 12.0 Å². The van der Waals surface area contributed by atoms with Crippen molar-refractivity contribution in [3.63, 3.8) is 0 Å². The van der Waals surface area contributed by atoms with Crippen LogP contribution in [-0.2, 0) is 9.59 Å². The minimum atomic E-state index is -0.904. The second-order valence-electron chi connectivity index (χ2n) is 6.48. The molecule has 2 aliphatic rings. The zero-order valence-electron chi connectivity index (χ0n) is 13.9. The molecular formula is C17H20ClN3O4. The minimum absolute atomic E-state index is 0.111. The van der Waals surface area contributed by atoms with Crippen LogP contribution in [0, 0.1) is 0 Å². The van der Waals surface area contributed by atoms with Gasteiger partial charge in [0.1, 0.15) is 0 Å². The number of rotatable bonds is 2. The standard InChI is InChI=1S/C17H20ClN3O4/c1-10-9-20(6-7-21(10)17(24)25)11-2-3-12(14(18)8-11)13-4-5-15(22)19-16(13)23/h2-3,8,10,13H,4-7,9H2,1H3,(H,24,25)(H,19,22,23)/t10-,13?/m1/s1. The molecule has 0 aromatic heterocycles. The van der Waals surface area contributed by atoms with E-state index >= 15 is 0 Å². The van der Waals surface area contributed by atoms with Crippen molar-refractivity contribution in [2.45, 2.75) is 31.7 Å². The number of benzene rings is 1. The van der Waals surface area contributed by atoms with Crippen LogP contribution < -0.4 is 10.2 Å². The van der Waals surface area contributed by atoms with Crippen LogP contribution in [-0.4, -0.2) is 53.6 Å². The second kappa shape index (κ2) is 6.92. The van der Waals surface area contributed by atoms with Crippen molar-refractivity contribution in [1.29, 1.82) is 0 Å². The van der Waals surface area contributed by atoms with Crippen LogP contribution in [0.3, 0.4) is 0 Å². The summed E-state index contributed by atoms with van der Waals surface area (Å²) in [5, 5.41) is 12.0. The molecule has 0 bridgehead atoms. The topological polar surface area (TPSA) is 90.0 Å². The molecule has 2 saturated heterocycles. The SMILES string of the molecule is C[C@@H]1CN(c2ccc(C3CCC(=O)NC3=O)c(Cl)c2)CCN1C(=O)O. The van der Waals surface area contributed by atoms with E-state index in [9.17, 15) is 14.4 Å². The van der Waals surface area contributed by atoms with Gasteiger partial charge in [-0.15, -0.1) is 0 Å². The predicted octanol–water partition coefficient (Wildman–Crippen LogP) is 2.05. The highest BCUT2D eigenvalue weighted by Gasteiger charge is 2.31.